The summed E-state index contributed by atoms with van der Waals surface area (Å²) in [7, 11) is 3.81. The van der Waals surface area contributed by atoms with Crippen molar-refractivity contribution in [2.45, 2.75) is 30.6 Å². The van der Waals surface area contributed by atoms with E-state index in [0.29, 0.717) is 24.4 Å². The van der Waals surface area contributed by atoms with E-state index in [0.717, 1.165) is 28.8 Å². The summed E-state index contributed by atoms with van der Waals surface area (Å²) in [6.45, 7) is 0.385. The fourth-order valence-corrected chi connectivity index (χ4v) is 5.85. The largest absolute Gasteiger partial charge is 0.393 e. The summed E-state index contributed by atoms with van der Waals surface area (Å²) in [6, 6.07) is 31.0. The molecule has 0 unspecified atom stereocenters. The average Bonchev–Trinajstić information content (AvgIpc) is 3.61. The van der Waals surface area contributed by atoms with Gasteiger partial charge in [-0.05, 0) is 29.5 Å². The molecule has 41 heavy (non-hydrogen) atoms. The Bertz CT molecular complexity index is 1510. The normalized spacial score (nSPS) is 19.2. The fraction of sp³-hybridized carbons (Fsp3) is 0.273. The Morgan fingerprint density at radius 3 is 2.02 bits per heavy atom. The Labute approximate surface area is 240 Å². The van der Waals surface area contributed by atoms with Gasteiger partial charge in [-0.15, -0.1) is 0 Å². The molecule has 2 heterocycles. The van der Waals surface area contributed by atoms with Crippen LogP contribution in [0.4, 0.5) is 5.82 Å². The highest BCUT2D eigenvalue weighted by Gasteiger charge is 2.41. The van der Waals surface area contributed by atoms with Gasteiger partial charge in [0.2, 0.25) is 0 Å². The number of aliphatic imine (C=N–C) groups is 1. The summed E-state index contributed by atoms with van der Waals surface area (Å²) in [5.74, 6) is 0.459. The zero-order valence-electron chi connectivity index (χ0n) is 23.3. The highest BCUT2D eigenvalue weighted by atomic mass is 16.5. The lowest BCUT2D eigenvalue weighted by atomic mass is 9.80. The first-order valence-electron chi connectivity index (χ1n) is 13.9. The summed E-state index contributed by atoms with van der Waals surface area (Å²) in [5, 5.41) is 11.3. The lowest BCUT2D eigenvalue weighted by Crippen LogP contribution is -2.35. The number of aromatic nitrogens is 4. The summed E-state index contributed by atoms with van der Waals surface area (Å²) < 4.78 is 9.08. The van der Waals surface area contributed by atoms with Gasteiger partial charge in [-0.25, -0.2) is 19.9 Å². The lowest BCUT2D eigenvalue weighted by molar-refractivity contribution is -0.0296. The Morgan fingerprint density at radius 1 is 0.878 bits per heavy atom. The zero-order chi connectivity index (χ0) is 28.2. The minimum absolute atomic E-state index is 0.0313. The van der Waals surface area contributed by atoms with Crippen molar-refractivity contribution >= 4 is 23.3 Å². The molecule has 1 N–H and O–H groups in total. The van der Waals surface area contributed by atoms with Crippen molar-refractivity contribution in [1.82, 2.24) is 24.4 Å². The molecule has 3 atom stereocenters. The molecule has 8 heteroatoms. The third-order valence-electron chi connectivity index (χ3n) is 7.83. The molecule has 1 aliphatic rings. The molecular formula is C33H34N6O2. The average molecular weight is 547 g/mol. The molecule has 0 amide bonds. The van der Waals surface area contributed by atoms with E-state index in [1.165, 1.54) is 6.33 Å². The predicted molar refractivity (Wildman–Crippen MR) is 160 cm³/mol. The SMILES string of the molecule is CN(C)/C=N/c1ncnc2c1ncn2[C@@H]1C[C@H](COC(c2ccccc2)(c2ccccc2)c2ccccc2)[C@H](O)C1. The first-order valence-corrected chi connectivity index (χ1v) is 13.9. The number of benzene rings is 3. The lowest BCUT2D eigenvalue weighted by Gasteiger charge is -2.37. The first kappa shape index (κ1) is 26.8. The van der Waals surface area contributed by atoms with Crippen LogP contribution in [-0.4, -0.2) is 62.7 Å². The maximum atomic E-state index is 11.3. The van der Waals surface area contributed by atoms with E-state index in [1.54, 1.807) is 12.7 Å². The van der Waals surface area contributed by atoms with E-state index in [2.05, 4.69) is 56.3 Å². The summed E-state index contributed by atoms with van der Waals surface area (Å²) in [5.41, 5.74) is 3.68. The standard InChI is InChI=1S/C33H34N6O2/c1-38(2)22-37-31-30-32(35-21-34-31)39(23-36-30)28-18-24(29(40)19-28)20-41-33(25-12-6-3-7-13-25,26-14-8-4-9-15-26)27-16-10-5-11-17-27/h3-17,21-24,28-29,40H,18-20H2,1-2H3/b37-22+/t24-,28-,29-/m1/s1. The molecule has 1 saturated carbocycles. The molecule has 5 aromatic rings. The fourth-order valence-electron chi connectivity index (χ4n) is 5.85. The highest BCUT2D eigenvalue weighted by Crippen LogP contribution is 2.43. The van der Waals surface area contributed by atoms with Gasteiger partial charge >= 0.3 is 0 Å². The van der Waals surface area contributed by atoms with Gasteiger partial charge in [-0.2, -0.15) is 0 Å². The van der Waals surface area contributed by atoms with Crippen molar-refractivity contribution < 1.29 is 9.84 Å². The molecule has 0 saturated heterocycles. The quantitative estimate of drug-likeness (QED) is 0.152. The second kappa shape index (κ2) is 11.6. The molecule has 2 aromatic heterocycles. The second-order valence-electron chi connectivity index (χ2n) is 10.8. The number of hydrogen-bond donors (Lipinski definition) is 1. The third kappa shape index (κ3) is 5.24. The van der Waals surface area contributed by atoms with Gasteiger partial charge in [0.1, 0.15) is 11.9 Å². The van der Waals surface area contributed by atoms with Crippen molar-refractivity contribution in [3.63, 3.8) is 0 Å². The molecule has 8 nitrogen and oxygen atoms in total. The zero-order valence-corrected chi connectivity index (χ0v) is 23.3. The van der Waals surface area contributed by atoms with E-state index in [4.69, 9.17) is 4.74 Å². The summed E-state index contributed by atoms with van der Waals surface area (Å²) >= 11 is 0. The number of hydrogen-bond acceptors (Lipinski definition) is 6. The van der Waals surface area contributed by atoms with E-state index in [1.807, 2.05) is 78.2 Å². The number of aliphatic hydroxyl groups is 1. The van der Waals surface area contributed by atoms with Crippen LogP contribution in [0.2, 0.25) is 0 Å². The molecule has 0 radical (unpaired) electrons. The maximum absolute atomic E-state index is 11.3. The van der Waals surface area contributed by atoms with Crippen molar-refractivity contribution in [2.24, 2.45) is 10.9 Å². The van der Waals surface area contributed by atoms with Crippen LogP contribution < -0.4 is 0 Å². The number of ether oxygens (including phenoxy) is 1. The van der Waals surface area contributed by atoms with Gasteiger partial charge in [0.05, 0.1) is 25.4 Å². The van der Waals surface area contributed by atoms with Crippen molar-refractivity contribution in [1.29, 1.82) is 0 Å². The Balaban J connectivity index is 1.31. The van der Waals surface area contributed by atoms with Gasteiger partial charge in [0, 0.05) is 26.1 Å². The van der Waals surface area contributed by atoms with Crippen LogP contribution in [-0.2, 0) is 10.3 Å². The number of nitrogens with zero attached hydrogens (tertiary/aromatic N) is 6. The predicted octanol–water partition coefficient (Wildman–Crippen LogP) is 5.37. The van der Waals surface area contributed by atoms with Crippen molar-refractivity contribution in [3.8, 4) is 0 Å². The Kier molecular flexibility index (Phi) is 7.59. The van der Waals surface area contributed by atoms with Crippen LogP contribution in [0.1, 0.15) is 35.6 Å². The van der Waals surface area contributed by atoms with E-state index in [9.17, 15) is 5.11 Å². The minimum Gasteiger partial charge on any atom is -0.393 e. The topological polar surface area (TPSA) is 88.7 Å². The van der Waals surface area contributed by atoms with Crippen molar-refractivity contribution in [3.05, 3.63) is 120 Å². The first-order chi connectivity index (χ1) is 20.1. The minimum atomic E-state index is -0.824. The van der Waals surface area contributed by atoms with E-state index in [-0.39, 0.29) is 12.0 Å². The van der Waals surface area contributed by atoms with Gasteiger partial charge in [0.25, 0.3) is 0 Å². The maximum Gasteiger partial charge on any atom is 0.184 e. The van der Waals surface area contributed by atoms with Crippen molar-refractivity contribution in [2.75, 3.05) is 20.7 Å². The highest BCUT2D eigenvalue weighted by molar-refractivity contribution is 5.83. The molecule has 1 aliphatic carbocycles. The van der Waals surface area contributed by atoms with E-state index >= 15 is 0 Å². The molecule has 0 spiro atoms. The number of aliphatic hydroxyl groups excluding tert-OH is 1. The van der Waals surface area contributed by atoms with Gasteiger partial charge < -0.3 is 19.3 Å². The van der Waals surface area contributed by atoms with Gasteiger partial charge in [-0.3, -0.25) is 0 Å². The monoisotopic (exact) mass is 546 g/mol. The Morgan fingerprint density at radius 2 is 1.46 bits per heavy atom. The molecule has 0 aliphatic heterocycles. The molecule has 1 fully saturated rings. The third-order valence-corrected chi connectivity index (χ3v) is 7.83. The Hall–Kier alpha value is -4.40. The van der Waals surface area contributed by atoms with Crippen LogP contribution in [0.5, 0.6) is 0 Å². The molecule has 208 valence electrons. The number of rotatable bonds is 9. The van der Waals surface area contributed by atoms with Crippen LogP contribution in [0.25, 0.3) is 11.2 Å². The van der Waals surface area contributed by atoms with Crippen LogP contribution in [0.3, 0.4) is 0 Å². The second-order valence-corrected chi connectivity index (χ2v) is 10.8. The van der Waals surface area contributed by atoms with Crippen LogP contribution >= 0.6 is 0 Å². The summed E-state index contributed by atoms with van der Waals surface area (Å²) in [6.07, 6.45) is 5.81. The molecule has 3 aromatic carbocycles. The van der Waals surface area contributed by atoms with Crippen LogP contribution in [0.15, 0.2) is 109 Å². The van der Waals surface area contributed by atoms with Gasteiger partial charge in [-0.1, -0.05) is 91.0 Å². The van der Waals surface area contributed by atoms with E-state index < -0.39 is 11.7 Å². The number of fused-ring (bicyclic) bond motifs is 1. The molecule has 0 bridgehead atoms. The smallest absolute Gasteiger partial charge is 0.184 e. The van der Waals surface area contributed by atoms with Gasteiger partial charge in [0.15, 0.2) is 17.0 Å². The number of imidazole rings is 1. The molecule has 6 rings (SSSR count). The summed E-state index contributed by atoms with van der Waals surface area (Å²) in [4.78, 5) is 19.7. The molecular weight excluding hydrogens is 512 g/mol. The van der Waals surface area contributed by atoms with Crippen LogP contribution in [0, 0.1) is 5.92 Å².